The van der Waals surface area contributed by atoms with Crippen molar-refractivity contribution in [2.24, 2.45) is 5.92 Å². The Morgan fingerprint density at radius 1 is 1.06 bits per heavy atom. The molecule has 1 atom stereocenters. The van der Waals surface area contributed by atoms with E-state index in [0.29, 0.717) is 25.4 Å². The number of nitriles is 1. The van der Waals surface area contributed by atoms with Gasteiger partial charge in [-0.05, 0) is 67.1 Å². The lowest BCUT2D eigenvalue weighted by Crippen LogP contribution is -2.37. The van der Waals surface area contributed by atoms with Crippen LogP contribution in [0.1, 0.15) is 50.1 Å². The minimum atomic E-state index is -0.620. The van der Waals surface area contributed by atoms with Crippen LogP contribution < -0.4 is 4.90 Å². The number of anilines is 1. The SMILES string of the molecule is CC1CCc2c(sc(N(C(=O)c3cc(Br)ccc3Cl)C(=O)c3cc(Br)ccc3Cl)c2C#N)C1. The Bertz CT molecular complexity index is 1270. The number of imide groups is 1. The van der Waals surface area contributed by atoms with Crippen LogP contribution in [0.25, 0.3) is 0 Å². The van der Waals surface area contributed by atoms with Gasteiger partial charge in [-0.1, -0.05) is 62.0 Å². The predicted octanol–water partition coefficient (Wildman–Crippen LogP) is 8.06. The normalized spacial score (nSPS) is 15.0. The summed E-state index contributed by atoms with van der Waals surface area (Å²) in [6, 6.07) is 12.0. The van der Waals surface area contributed by atoms with E-state index in [1.165, 1.54) is 11.3 Å². The topological polar surface area (TPSA) is 61.2 Å². The number of thiophene rings is 1. The fraction of sp³-hybridized carbons (Fsp3) is 0.208. The summed E-state index contributed by atoms with van der Waals surface area (Å²) in [6.45, 7) is 2.16. The highest BCUT2D eigenvalue weighted by Gasteiger charge is 2.35. The summed E-state index contributed by atoms with van der Waals surface area (Å²) < 4.78 is 1.28. The van der Waals surface area contributed by atoms with Crippen molar-refractivity contribution >= 4 is 83.2 Å². The maximum Gasteiger partial charge on any atom is 0.267 e. The summed E-state index contributed by atoms with van der Waals surface area (Å²) in [6.07, 6.45) is 2.50. The van der Waals surface area contributed by atoms with Crippen molar-refractivity contribution in [1.29, 1.82) is 5.26 Å². The molecule has 168 valence electrons. The number of hydrogen-bond donors (Lipinski definition) is 0. The van der Waals surface area contributed by atoms with Crippen LogP contribution in [0.5, 0.6) is 0 Å². The van der Waals surface area contributed by atoms with Gasteiger partial charge in [-0.3, -0.25) is 9.59 Å². The smallest absolute Gasteiger partial charge is 0.267 e. The van der Waals surface area contributed by atoms with E-state index in [1.807, 2.05) is 0 Å². The molecular formula is C24H16Br2Cl2N2O2S. The molecular weight excluding hydrogens is 611 g/mol. The van der Waals surface area contributed by atoms with E-state index < -0.39 is 11.8 Å². The quantitative estimate of drug-likeness (QED) is 0.276. The molecule has 0 bridgehead atoms. The first kappa shape index (κ1) is 24.4. The number of carbonyl (C=O) groups excluding carboxylic acids is 2. The van der Waals surface area contributed by atoms with Gasteiger partial charge in [0.25, 0.3) is 11.8 Å². The third kappa shape index (κ3) is 4.78. The second-order valence-electron chi connectivity index (χ2n) is 7.84. The van der Waals surface area contributed by atoms with Gasteiger partial charge in [-0.25, -0.2) is 4.90 Å². The Kier molecular flexibility index (Phi) is 7.32. The minimum absolute atomic E-state index is 0.147. The average molecular weight is 627 g/mol. The fourth-order valence-electron chi connectivity index (χ4n) is 3.85. The number of amides is 2. The summed E-state index contributed by atoms with van der Waals surface area (Å²) in [4.78, 5) is 29.7. The van der Waals surface area contributed by atoms with Gasteiger partial charge < -0.3 is 0 Å². The highest BCUT2D eigenvalue weighted by Crippen LogP contribution is 2.43. The monoisotopic (exact) mass is 624 g/mol. The highest BCUT2D eigenvalue weighted by molar-refractivity contribution is 9.10. The summed E-state index contributed by atoms with van der Waals surface area (Å²) in [5, 5.41) is 10.7. The number of benzene rings is 2. The summed E-state index contributed by atoms with van der Waals surface area (Å²) in [5.41, 5.74) is 1.57. The van der Waals surface area contributed by atoms with E-state index in [-0.39, 0.29) is 21.2 Å². The van der Waals surface area contributed by atoms with Gasteiger partial charge in [0.15, 0.2) is 0 Å². The Hall–Kier alpha value is -1.69. The molecule has 4 nitrogen and oxygen atoms in total. The van der Waals surface area contributed by atoms with Crippen LogP contribution in [0.2, 0.25) is 10.0 Å². The van der Waals surface area contributed by atoms with Crippen molar-refractivity contribution in [3.63, 3.8) is 0 Å². The zero-order valence-electron chi connectivity index (χ0n) is 17.3. The lowest BCUT2D eigenvalue weighted by atomic mass is 9.88. The van der Waals surface area contributed by atoms with Gasteiger partial charge in [-0.15, -0.1) is 11.3 Å². The molecule has 9 heteroatoms. The molecule has 0 spiro atoms. The summed E-state index contributed by atoms with van der Waals surface area (Å²) >= 11 is 20.7. The lowest BCUT2D eigenvalue weighted by molar-refractivity contribution is 0.0898. The molecule has 3 aromatic rings. The van der Waals surface area contributed by atoms with Crippen molar-refractivity contribution < 1.29 is 9.59 Å². The molecule has 2 aromatic carbocycles. The van der Waals surface area contributed by atoms with Gasteiger partial charge in [0.05, 0.1) is 26.7 Å². The van der Waals surface area contributed by atoms with Gasteiger partial charge in [-0.2, -0.15) is 5.26 Å². The molecule has 4 rings (SSSR count). The molecule has 1 heterocycles. The van der Waals surface area contributed by atoms with Crippen molar-refractivity contribution in [1.82, 2.24) is 0 Å². The van der Waals surface area contributed by atoms with Crippen molar-refractivity contribution in [2.75, 3.05) is 4.90 Å². The molecule has 33 heavy (non-hydrogen) atoms. The number of nitrogens with zero attached hydrogens (tertiary/aromatic N) is 2. The molecule has 0 fully saturated rings. The second kappa shape index (κ2) is 9.89. The summed E-state index contributed by atoms with van der Waals surface area (Å²) in [7, 11) is 0. The van der Waals surface area contributed by atoms with E-state index in [9.17, 15) is 14.9 Å². The van der Waals surface area contributed by atoms with Gasteiger partial charge in [0, 0.05) is 13.8 Å². The Labute approximate surface area is 222 Å². The zero-order valence-corrected chi connectivity index (χ0v) is 22.8. The van der Waals surface area contributed by atoms with Crippen LogP contribution in [0.4, 0.5) is 5.00 Å². The number of halogens is 4. The Morgan fingerprint density at radius 2 is 1.61 bits per heavy atom. The molecule has 2 amide bonds. The largest absolute Gasteiger partial charge is 0.268 e. The van der Waals surface area contributed by atoms with Crippen molar-refractivity contribution in [3.8, 4) is 6.07 Å². The van der Waals surface area contributed by atoms with Crippen LogP contribution >= 0.6 is 66.4 Å². The number of fused-ring (bicyclic) bond motifs is 1. The molecule has 0 N–H and O–H groups in total. The van der Waals surface area contributed by atoms with E-state index in [4.69, 9.17) is 23.2 Å². The van der Waals surface area contributed by atoms with E-state index in [0.717, 1.165) is 34.6 Å². The first-order valence-electron chi connectivity index (χ1n) is 10.0. The first-order valence-corrected chi connectivity index (χ1v) is 13.2. The van der Waals surface area contributed by atoms with E-state index in [2.05, 4.69) is 44.9 Å². The predicted molar refractivity (Wildman–Crippen MR) is 140 cm³/mol. The maximum atomic E-state index is 13.8. The van der Waals surface area contributed by atoms with Crippen LogP contribution in [0.3, 0.4) is 0 Å². The molecule has 0 saturated carbocycles. The molecule has 1 aliphatic carbocycles. The van der Waals surface area contributed by atoms with Gasteiger partial charge >= 0.3 is 0 Å². The molecule has 1 aromatic heterocycles. The third-order valence-electron chi connectivity index (χ3n) is 5.53. The number of hydrogen-bond acceptors (Lipinski definition) is 4. The Morgan fingerprint density at radius 3 is 2.12 bits per heavy atom. The molecule has 0 radical (unpaired) electrons. The van der Waals surface area contributed by atoms with Crippen LogP contribution in [-0.2, 0) is 12.8 Å². The maximum absolute atomic E-state index is 13.8. The van der Waals surface area contributed by atoms with Crippen LogP contribution in [-0.4, -0.2) is 11.8 Å². The first-order chi connectivity index (χ1) is 15.7. The average Bonchev–Trinajstić information content (AvgIpc) is 3.13. The van der Waals surface area contributed by atoms with Crippen molar-refractivity contribution in [2.45, 2.75) is 26.2 Å². The molecule has 0 saturated heterocycles. The number of rotatable bonds is 3. The fourth-order valence-corrected chi connectivity index (χ4v) is 6.43. The lowest BCUT2D eigenvalue weighted by Gasteiger charge is -2.21. The van der Waals surface area contributed by atoms with Crippen LogP contribution in [0, 0.1) is 17.2 Å². The van der Waals surface area contributed by atoms with E-state index in [1.54, 1.807) is 36.4 Å². The highest BCUT2D eigenvalue weighted by atomic mass is 79.9. The van der Waals surface area contributed by atoms with E-state index >= 15 is 0 Å². The zero-order chi connectivity index (χ0) is 23.9. The molecule has 1 unspecified atom stereocenters. The third-order valence-corrected chi connectivity index (χ3v) is 8.42. The van der Waals surface area contributed by atoms with Crippen LogP contribution in [0.15, 0.2) is 45.3 Å². The Balaban J connectivity index is 1.94. The second-order valence-corrected chi connectivity index (χ2v) is 11.6. The summed E-state index contributed by atoms with van der Waals surface area (Å²) in [5.74, 6) is -0.773. The molecule has 1 aliphatic rings. The van der Waals surface area contributed by atoms with Gasteiger partial charge in [0.2, 0.25) is 0 Å². The minimum Gasteiger partial charge on any atom is -0.268 e. The van der Waals surface area contributed by atoms with Gasteiger partial charge in [0.1, 0.15) is 11.1 Å². The number of carbonyl (C=O) groups is 2. The van der Waals surface area contributed by atoms with Crippen molar-refractivity contribution in [3.05, 3.63) is 82.5 Å². The molecule has 0 aliphatic heterocycles. The standard InChI is InChI=1S/C24H16Br2Cl2N2O2S/c1-12-2-5-15-18(11-29)24(33-21(15)8-12)30(22(31)16-9-13(25)3-6-19(16)27)23(32)17-10-14(26)4-7-20(17)28/h3-4,6-7,9-10,12H,2,5,8H2,1H3.